The number of rotatable bonds is 4. The monoisotopic (exact) mass is 364 g/mol. The van der Waals surface area contributed by atoms with Gasteiger partial charge in [-0.1, -0.05) is 31.0 Å². The fourth-order valence-corrected chi connectivity index (χ4v) is 3.54. The zero-order valence-corrected chi connectivity index (χ0v) is 15.1. The zero-order valence-electron chi connectivity index (χ0n) is 15.1. The van der Waals surface area contributed by atoms with Gasteiger partial charge in [0.1, 0.15) is 11.6 Å². The maximum absolute atomic E-state index is 13.2. The molecular formula is C21H21FN4O. The summed E-state index contributed by atoms with van der Waals surface area (Å²) in [6.07, 6.45) is 4.64. The molecule has 1 saturated carbocycles. The Labute approximate surface area is 157 Å². The number of amides is 1. The number of hydrogen-bond donors (Lipinski definition) is 2. The summed E-state index contributed by atoms with van der Waals surface area (Å²) >= 11 is 0. The van der Waals surface area contributed by atoms with E-state index < -0.39 is 0 Å². The molecule has 0 radical (unpaired) electrons. The molecule has 1 aliphatic carbocycles. The molecule has 0 spiro atoms. The lowest BCUT2D eigenvalue weighted by Gasteiger charge is -2.16. The van der Waals surface area contributed by atoms with Crippen LogP contribution in [0.25, 0.3) is 22.0 Å². The van der Waals surface area contributed by atoms with E-state index in [1.54, 1.807) is 12.1 Å². The second-order valence-corrected chi connectivity index (χ2v) is 6.94. The predicted octanol–water partition coefficient (Wildman–Crippen LogP) is 4.75. The summed E-state index contributed by atoms with van der Waals surface area (Å²) in [5.74, 6) is 0.556. The number of aromatic nitrogens is 2. The smallest absolute Gasteiger partial charge is 0.231 e. The predicted molar refractivity (Wildman–Crippen MR) is 105 cm³/mol. The lowest BCUT2D eigenvalue weighted by atomic mass is 10.0. The molecular weight excluding hydrogens is 343 g/mol. The van der Waals surface area contributed by atoms with Crippen molar-refractivity contribution in [2.45, 2.75) is 38.6 Å². The highest BCUT2D eigenvalue weighted by molar-refractivity contribution is 5.95. The van der Waals surface area contributed by atoms with Gasteiger partial charge < -0.3 is 5.32 Å². The van der Waals surface area contributed by atoms with E-state index in [-0.39, 0.29) is 11.7 Å². The van der Waals surface area contributed by atoms with E-state index in [4.69, 9.17) is 0 Å². The molecule has 0 unspecified atom stereocenters. The van der Waals surface area contributed by atoms with Crippen LogP contribution in [0.4, 0.5) is 16.2 Å². The Morgan fingerprint density at radius 1 is 1.04 bits per heavy atom. The van der Waals surface area contributed by atoms with Crippen molar-refractivity contribution in [1.29, 1.82) is 0 Å². The fourth-order valence-electron chi connectivity index (χ4n) is 3.54. The molecule has 0 bridgehead atoms. The second kappa shape index (κ2) is 7.31. The van der Waals surface area contributed by atoms with Crippen molar-refractivity contribution in [2.75, 3.05) is 10.6 Å². The topological polar surface area (TPSA) is 66.9 Å². The molecule has 6 heteroatoms. The van der Waals surface area contributed by atoms with E-state index >= 15 is 0 Å². The molecule has 1 aliphatic rings. The van der Waals surface area contributed by atoms with Gasteiger partial charge in [0, 0.05) is 18.4 Å². The van der Waals surface area contributed by atoms with Crippen LogP contribution in [0.1, 0.15) is 32.6 Å². The van der Waals surface area contributed by atoms with Crippen LogP contribution < -0.4 is 10.6 Å². The molecule has 1 aromatic heterocycles. The third-order valence-electron chi connectivity index (χ3n) is 4.86. The average molecular weight is 364 g/mol. The summed E-state index contributed by atoms with van der Waals surface area (Å²) in [5.41, 5.74) is 2.64. The summed E-state index contributed by atoms with van der Waals surface area (Å²) < 4.78 is 13.2. The Hall–Kier alpha value is -3.02. The molecule has 5 nitrogen and oxygen atoms in total. The Kier molecular flexibility index (Phi) is 4.71. The van der Waals surface area contributed by atoms with Crippen LogP contribution in [-0.2, 0) is 4.79 Å². The van der Waals surface area contributed by atoms with Crippen molar-refractivity contribution in [1.82, 2.24) is 9.97 Å². The Bertz CT molecular complexity index is 981. The van der Waals surface area contributed by atoms with E-state index in [2.05, 4.69) is 20.6 Å². The largest absolute Gasteiger partial charge is 0.367 e. The molecule has 0 atom stereocenters. The highest BCUT2D eigenvalue weighted by Crippen LogP contribution is 2.30. The van der Waals surface area contributed by atoms with E-state index in [1.165, 1.54) is 31.9 Å². The summed E-state index contributed by atoms with van der Waals surface area (Å²) in [5, 5.41) is 7.08. The van der Waals surface area contributed by atoms with Crippen LogP contribution in [0.2, 0.25) is 0 Å². The standard InChI is InChI=1S/C21H21FN4O/c1-13(27)23-21-25-19-11-8-15(14-6-9-16(22)10-7-14)12-18(19)20(26-21)24-17-4-2-3-5-17/h6-12,17H,2-5H2,1H3,(H2,23,24,25,26,27). The number of fused-ring (bicyclic) bond motifs is 1. The van der Waals surface area contributed by atoms with E-state index in [1.807, 2.05) is 18.2 Å². The molecule has 138 valence electrons. The number of carbonyl (C=O) groups excluding carboxylic acids is 1. The number of carbonyl (C=O) groups is 1. The highest BCUT2D eigenvalue weighted by atomic mass is 19.1. The van der Waals surface area contributed by atoms with Crippen LogP contribution in [0.5, 0.6) is 0 Å². The van der Waals surface area contributed by atoms with Gasteiger partial charge in [0.15, 0.2) is 0 Å². The number of anilines is 2. The molecule has 0 aliphatic heterocycles. The Morgan fingerprint density at radius 3 is 2.44 bits per heavy atom. The normalized spacial score (nSPS) is 14.4. The van der Waals surface area contributed by atoms with Gasteiger partial charge >= 0.3 is 0 Å². The van der Waals surface area contributed by atoms with Crippen molar-refractivity contribution in [3.8, 4) is 11.1 Å². The third kappa shape index (κ3) is 3.89. The minimum atomic E-state index is -0.258. The van der Waals surface area contributed by atoms with Crippen molar-refractivity contribution in [2.24, 2.45) is 0 Å². The molecule has 1 heterocycles. The lowest BCUT2D eigenvalue weighted by molar-refractivity contribution is -0.114. The summed E-state index contributed by atoms with van der Waals surface area (Å²) in [7, 11) is 0. The summed E-state index contributed by atoms with van der Waals surface area (Å²) in [4.78, 5) is 20.4. The molecule has 2 aromatic carbocycles. The van der Waals surface area contributed by atoms with Crippen LogP contribution in [0.15, 0.2) is 42.5 Å². The summed E-state index contributed by atoms with van der Waals surface area (Å²) in [6, 6.07) is 12.7. The second-order valence-electron chi connectivity index (χ2n) is 6.94. The number of nitrogens with zero attached hydrogens (tertiary/aromatic N) is 2. The first-order chi connectivity index (χ1) is 13.1. The van der Waals surface area contributed by atoms with Gasteiger partial charge in [-0.05, 0) is 48.2 Å². The number of benzene rings is 2. The Balaban J connectivity index is 1.79. The van der Waals surface area contributed by atoms with Crippen LogP contribution in [0.3, 0.4) is 0 Å². The van der Waals surface area contributed by atoms with E-state index in [9.17, 15) is 9.18 Å². The van der Waals surface area contributed by atoms with Gasteiger partial charge in [-0.3, -0.25) is 10.1 Å². The molecule has 3 aromatic rings. The van der Waals surface area contributed by atoms with Crippen LogP contribution >= 0.6 is 0 Å². The molecule has 1 fully saturated rings. The first kappa shape index (κ1) is 17.4. The van der Waals surface area contributed by atoms with Gasteiger partial charge in [0.05, 0.1) is 5.52 Å². The number of halogens is 1. The summed E-state index contributed by atoms with van der Waals surface area (Å²) in [6.45, 7) is 1.44. The van der Waals surface area contributed by atoms with Crippen LogP contribution in [0, 0.1) is 5.82 Å². The first-order valence-corrected chi connectivity index (χ1v) is 9.20. The quantitative estimate of drug-likeness (QED) is 0.701. The van der Waals surface area contributed by atoms with Gasteiger partial charge in [0.2, 0.25) is 11.9 Å². The first-order valence-electron chi connectivity index (χ1n) is 9.20. The van der Waals surface area contributed by atoms with Gasteiger partial charge in [-0.25, -0.2) is 9.37 Å². The SMILES string of the molecule is CC(=O)Nc1nc(NC2CCCC2)c2cc(-c3ccc(F)cc3)ccc2n1. The molecule has 1 amide bonds. The van der Waals surface area contributed by atoms with Crippen molar-refractivity contribution < 1.29 is 9.18 Å². The average Bonchev–Trinajstić information content (AvgIpc) is 3.15. The highest BCUT2D eigenvalue weighted by Gasteiger charge is 2.18. The maximum Gasteiger partial charge on any atom is 0.231 e. The lowest BCUT2D eigenvalue weighted by Crippen LogP contribution is -2.17. The number of hydrogen-bond acceptors (Lipinski definition) is 4. The van der Waals surface area contributed by atoms with Crippen LogP contribution in [-0.4, -0.2) is 21.9 Å². The molecule has 4 rings (SSSR count). The van der Waals surface area contributed by atoms with E-state index in [0.29, 0.717) is 12.0 Å². The minimum Gasteiger partial charge on any atom is -0.367 e. The zero-order chi connectivity index (χ0) is 18.8. The molecule has 27 heavy (non-hydrogen) atoms. The number of nitrogens with one attached hydrogen (secondary N) is 2. The maximum atomic E-state index is 13.2. The van der Waals surface area contributed by atoms with Gasteiger partial charge in [-0.15, -0.1) is 0 Å². The fraction of sp³-hybridized carbons (Fsp3) is 0.286. The Morgan fingerprint density at radius 2 is 1.74 bits per heavy atom. The van der Waals surface area contributed by atoms with Crippen molar-refractivity contribution >= 4 is 28.6 Å². The minimum absolute atomic E-state index is 0.205. The molecule has 2 N–H and O–H groups in total. The van der Waals surface area contributed by atoms with Gasteiger partial charge in [0.25, 0.3) is 0 Å². The van der Waals surface area contributed by atoms with Gasteiger partial charge in [-0.2, -0.15) is 4.98 Å². The van der Waals surface area contributed by atoms with E-state index in [0.717, 1.165) is 40.7 Å². The van der Waals surface area contributed by atoms with Crippen molar-refractivity contribution in [3.05, 3.63) is 48.3 Å². The molecule has 0 saturated heterocycles. The van der Waals surface area contributed by atoms with Crippen molar-refractivity contribution in [3.63, 3.8) is 0 Å². The third-order valence-corrected chi connectivity index (χ3v) is 4.86.